The van der Waals surface area contributed by atoms with Crippen molar-refractivity contribution < 1.29 is 19.4 Å². The van der Waals surface area contributed by atoms with Gasteiger partial charge in [0.15, 0.2) is 11.5 Å². The molecular weight excluding hydrogens is 236 g/mol. The van der Waals surface area contributed by atoms with Crippen LogP contribution in [0.2, 0.25) is 0 Å². The Hall–Kier alpha value is -2.26. The molecule has 0 fully saturated rings. The van der Waals surface area contributed by atoms with E-state index in [0.29, 0.717) is 5.56 Å². The molecule has 0 aliphatic heterocycles. The fourth-order valence-corrected chi connectivity index (χ4v) is 1.51. The molecular formula is C12H14N2O4. The van der Waals surface area contributed by atoms with Crippen LogP contribution in [0.15, 0.2) is 12.1 Å². The number of carbonyl (C=O) groups excluding carboxylic acids is 1. The Morgan fingerprint density at radius 3 is 2.72 bits per heavy atom. The maximum atomic E-state index is 11.1. The van der Waals surface area contributed by atoms with Crippen molar-refractivity contribution in [1.29, 1.82) is 5.26 Å². The zero-order chi connectivity index (χ0) is 13.7. The van der Waals surface area contributed by atoms with Crippen molar-refractivity contribution in [3.8, 4) is 17.6 Å². The number of esters is 1. The van der Waals surface area contributed by atoms with E-state index in [2.05, 4.69) is 4.74 Å². The van der Waals surface area contributed by atoms with Crippen LogP contribution in [0.3, 0.4) is 0 Å². The number of aromatic hydroxyl groups is 1. The molecule has 1 atom stereocenters. The summed E-state index contributed by atoms with van der Waals surface area (Å²) in [6, 6.07) is 3.98. The van der Waals surface area contributed by atoms with Gasteiger partial charge in [-0.05, 0) is 6.07 Å². The molecule has 0 heterocycles. The average Bonchev–Trinajstić information content (AvgIpc) is 2.38. The molecule has 0 saturated heterocycles. The van der Waals surface area contributed by atoms with Crippen molar-refractivity contribution in [2.24, 2.45) is 5.73 Å². The summed E-state index contributed by atoms with van der Waals surface area (Å²) >= 11 is 0. The molecule has 1 aromatic carbocycles. The lowest BCUT2D eigenvalue weighted by atomic mass is 10.0. The van der Waals surface area contributed by atoms with E-state index in [1.807, 2.05) is 6.07 Å². The molecule has 0 amide bonds. The zero-order valence-electron chi connectivity index (χ0n) is 10.1. The van der Waals surface area contributed by atoms with Crippen LogP contribution in [0.5, 0.6) is 11.5 Å². The first-order valence-corrected chi connectivity index (χ1v) is 5.16. The quantitative estimate of drug-likeness (QED) is 0.767. The molecule has 18 heavy (non-hydrogen) atoms. The van der Waals surface area contributed by atoms with Crippen LogP contribution in [0, 0.1) is 11.3 Å². The maximum Gasteiger partial charge on any atom is 0.307 e. The second-order valence-electron chi connectivity index (χ2n) is 3.61. The predicted molar refractivity (Wildman–Crippen MR) is 62.9 cm³/mol. The average molecular weight is 250 g/mol. The highest BCUT2D eigenvalue weighted by Gasteiger charge is 2.19. The van der Waals surface area contributed by atoms with E-state index in [-0.39, 0.29) is 23.5 Å². The van der Waals surface area contributed by atoms with E-state index >= 15 is 0 Å². The number of benzene rings is 1. The summed E-state index contributed by atoms with van der Waals surface area (Å²) in [5, 5.41) is 18.8. The Kier molecular flexibility index (Phi) is 4.52. The monoisotopic (exact) mass is 250 g/mol. The maximum absolute atomic E-state index is 11.1. The number of rotatable bonds is 4. The summed E-state index contributed by atoms with van der Waals surface area (Å²) in [7, 11) is 2.62. The summed E-state index contributed by atoms with van der Waals surface area (Å²) in [6.07, 6.45) is -0.0951. The van der Waals surface area contributed by atoms with E-state index < -0.39 is 12.0 Å². The number of carbonyl (C=O) groups is 1. The zero-order valence-corrected chi connectivity index (χ0v) is 10.1. The molecule has 6 heteroatoms. The molecule has 1 rings (SSSR count). The highest BCUT2D eigenvalue weighted by molar-refractivity contribution is 5.70. The van der Waals surface area contributed by atoms with Gasteiger partial charge in [-0.3, -0.25) is 4.79 Å². The van der Waals surface area contributed by atoms with Gasteiger partial charge in [0.05, 0.1) is 32.3 Å². The molecule has 0 aromatic heterocycles. The van der Waals surface area contributed by atoms with Crippen molar-refractivity contribution in [3.05, 3.63) is 23.3 Å². The van der Waals surface area contributed by atoms with Gasteiger partial charge in [-0.1, -0.05) is 0 Å². The third kappa shape index (κ3) is 2.90. The number of phenols is 1. The first-order chi connectivity index (χ1) is 8.53. The summed E-state index contributed by atoms with van der Waals surface area (Å²) in [5.74, 6) is -0.527. The Morgan fingerprint density at radius 1 is 1.56 bits per heavy atom. The standard InChI is InChI=1S/C12H14N2O4/c1-17-10-4-7(6-13)3-8(12(10)16)9(14)5-11(15)18-2/h3-4,9,16H,5,14H2,1-2H3/t9-/m1/s1. The minimum absolute atomic E-state index is 0.0951. The normalized spacial score (nSPS) is 11.4. The molecule has 0 aliphatic carbocycles. The lowest BCUT2D eigenvalue weighted by molar-refractivity contribution is -0.141. The smallest absolute Gasteiger partial charge is 0.307 e. The number of phenolic OH excluding ortho intramolecular Hbond substituents is 1. The van der Waals surface area contributed by atoms with E-state index in [9.17, 15) is 9.90 Å². The van der Waals surface area contributed by atoms with Gasteiger partial charge in [0, 0.05) is 17.7 Å². The van der Waals surface area contributed by atoms with Crippen LogP contribution in [-0.2, 0) is 9.53 Å². The van der Waals surface area contributed by atoms with E-state index in [1.165, 1.54) is 26.4 Å². The molecule has 1 aromatic rings. The molecule has 6 nitrogen and oxygen atoms in total. The number of hydrogen-bond donors (Lipinski definition) is 2. The van der Waals surface area contributed by atoms with Crippen LogP contribution in [0.25, 0.3) is 0 Å². The van der Waals surface area contributed by atoms with Crippen molar-refractivity contribution in [1.82, 2.24) is 0 Å². The molecule has 0 unspecified atom stereocenters. The minimum atomic E-state index is -0.764. The number of hydrogen-bond acceptors (Lipinski definition) is 6. The number of nitrogens with two attached hydrogens (primary N) is 1. The number of ether oxygens (including phenoxy) is 2. The third-order valence-corrected chi connectivity index (χ3v) is 2.47. The van der Waals surface area contributed by atoms with Crippen LogP contribution in [0.1, 0.15) is 23.6 Å². The van der Waals surface area contributed by atoms with Crippen molar-refractivity contribution >= 4 is 5.97 Å². The Morgan fingerprint density at radius 2 is 2.22 bits per heavy atom. The van der Waals surface area contributed by atoms with Crippen molar-refractivity contribution in [2.45, 2.75) is 12.5 Å². The van der Waals surface area contributed by atoms with Gasteiger partial charge in [-0.15, -0.1) is 0 Å². The number of nitriles is 1. The molecule has 0 spiro atoms. The second kappa shape index (κ2) is 5.89. The van der Waals surface area contributed by atoms with Gasteiger partial charge in [0.2, 0.25) is 0 Å². The van der Waals surface area contributed by atoms with Crippen LogP contribution >= 0.6 is 0 Å². The van der Waals surface area contributed by atoms with Gasteiger partial charge < -0.3 is 20.3 Å². The number of methoxy groups -OCH3 is 2. The fourth-order valence-electron chi connectivity index (χ4n) is 1.51. The summed E-state index contributed by atoms with van der Waals surface area (Å²) in [4.78, 5) is 11.1. The van der Waals surface area contributed by atoms with E-state index in [4.69, 9.17) is 15.7 Å². The largest absolute Gasteiger partial charge is 0.504 e. The molecule has 0 bridgehead atoms. The molecule has 0 aliphatic rings. The van der Waals surface area contributed by atoms with Crippen LogP contribution in [0.4, 0.5) is 0 Å². The third-order valence-electron chi connectivity index (χ3n) is 2.47. The first-order valence-electron chi connectivity index (χ1n) is 5.16. The summed E-state index contributed by atoms with van der Waals surface area (Å²) < 4.78 is 9.44. The number of nitrogens with zero attached hydrogens (tertiary/aromatic N) is 1. The molecule has 3 N–H and O–H groups in total. The Labute approximate surface area is 105 Å². The van der Waals surface area contributed by atoms with Crippen molar-refractivity contribution in [2.75, 3.05) is 14.2 Å². The highest BCUT2D eigenvalue weighted by atomic mass is 16.5. The van der Waals surface area contributed by atoms with Gasteiger partial charge in [-0.2, -0.15) is 5.26 Å². The Bertz CT molecular complexity index is 494. The predicted octanol–water partition coefficient (Wildman–Crippen LogP) is 0.835. The van der Waals surface area contributed by atoms with Gasteiger partial charge >= 0.3 is 5.97 Å². The van der Waals surface area contributed by atoms with Gasteiger partial charge in [-0.25, -0.2) is 0 Å². The highest BCUT2D eigenvalue weighted by Crippen LogP contribution is 2.35. The van der Waals surface area contributed by atoms with E-state index in [0.717, 1.165) is 0 Å². The van der Waals surface area contributed by atoms with Crippen LogP contribution < -0.4 is 10.5 Å². The minimum Gasteiger partial charge on any atom is -0.504 e. The summed E-state index contributed by atoms with van der Waals surface area (Å²) in [6.45, 7) is 0. The van der Waals surface area contributed by atoms with Crippen LogP contribution in [-0.4, -0.2) is 25.3 Å². The fraction of sp³-hybridized carbons (Fsp3) is 0.333. The van der Waals surface area contributed by atoms with Crippen molar-refractivity contribution in [3.63, 3.8) is 0 Å². The lowest BCUT2D eigenvalue weighted by Crippen LogP contribution is -2.16. The molecule has 96 valence electrons. The van der Waals surface area contributed by atoms with Gasteiger partial charge in [0.1, 0.15) is 0 Å². The molecule has 0 saturated carbocycles. The van der Waals surface area contributed by atoms with Gasteiger partial charge in [0.25, 0.3) is 0 Å². The SMILES string of the molecule is COC(=O)C[C@@H](N)c1cc(C#N)cc(OC)c1O. The lowest BCUT2D eigenvalue weighted by Gasteiger charge is -2.15. The topological polar surface area (TPSA) is 106 Å². The molecule has 0 radical (unpaired) electrons. The first kappa shape index (κ1) is 13.8. The van der Waals surface area contributed by atoms with E-state index in [1.54, 1.807) is 0 Å². The summed E-state index contributed by atoms with van der Waals surface area (Å²) in [5.41, 5.74) is 6.36. The Balaban J connectivity index is 3.14. The second-order valence-corrected chi connectivity index (χ2v) is 3.61.